The van der Waals surface area contributed by atoms with Gasteiger partial charge in [0, 0.05) is 5.56 Å². The predicted molar refractivity (Wildman–Crippen MR) is 153 cm³/mol. The highest BCUT2D eigenvalue weighted by Gasteiger charge is 2.36. The lowest BCUT2D eigenvalue weighted by Gasteiger charge is -2.26. The molecule has 0 saturated carbocycles. The number of methoxy groups -OCH3 is 1. The summed E-state index contributed by atoms with van der Waals surface area (Å²) in [7, 11) is 1.54. The van der Waals surface area contributed by atoms with Crippen molar-refractivity contribution in [3.63, 3.8) is 0 Å². The number of carbonyl (C=O) groups is 1. The minimum atomic E-state index is -0.857. The van der Waals surface area contributed by atoms with Crippen LogP contribution in [0.3, 0.4) is 0 Å². The molecule has 1 aliphatic heterocycles. The van der Waals surface area contributed by atoms with E-state index in [2.05, 4.69) is 4.99 Å². The van der Waals surface area contributed by atoms with E-state index in [1.807, 2.05) is 26.0 Å². The molecule has 0 N–H and O–H groups in total. The number of ether oxygens (including phenoxy) is 5. The number of nitriles is 1. The molecule has 3 aromatic rings. The molecule has 1 aromatic heterocycles. The van der Waals surface area contributed by atoms with Crippen LogP contribution >= 0.6 is 11.3 Å². The van der Waals surface area contributed by atoms with Gasteiger partial charge in [0.05, 0.1) is 42.7 Å². The van der Waals surface area contributed by atoms with E-state index in [1.165, 1.54) is 23.0 Å². The van der Waals surface area contributed by atoms with E-state index in [0.29, 0.717) is 62.4 Å². The molecular formula is C30H31N3O7S. The first kappa shape index (κ1) is 29.4. The SMILES string of the molecule is CCOC(=O)C1=C(C)N=c2s/c(=C/c3ccc(OCC#N)c(OCC)c3)c(=O)n2[C@@H]1c1cccc(OC)c1OCC. The Hall–Kier alpha value is -4.56. The quantitative estimate of drug-likeness (QED) is 0.318. The molecule has 0 bridgehead atoms. The number of carbonyl (C=O) groups excluding carboxylic acids is 1. The van der Waals surface area contributed by atoms with Gasteiger partial charge in [-0.15, -0.1) is 0 Å². The third kappa shape index (κ3) is 5.98. The van der Waals surface area contributed by atoms with E-state index in [4.69, 9.17) is 28.9 Å². The number of esters is 1. The van der Waals surface area contributed by atoms with Crippen molar-refractivity contribution in [1.29, 1.82) is 5.26 Å². The summed E-state index contributed by atoms with van der Waals surface area (Å²) in [4.78, 5) is 32.4. The van der Waals surface area contributed by atoms with E-state index in [-0.39, 0.29) is 24.3 Å². The van der Waals surface area contributed by atoms with Gasteiger partial charge in [-0.1, -0.05) is 29.5 Å². The summed E-state index contributed by atoms with van der Waals surface area (Å²) in [5.74, 6) is 1.24. The molecule has 2 heterocycles. The molecule has 41 heavy (non-hydrogen) atoms. The lowest BCUT2D eigenvalue weighted by Crippen LogP contribution is -2.40. The first-order valence-corrected chi connectivity index (χ1v) is 14.0. The van der Waals surface area contributed by atoms with Crippen LogP contribution in [0.25, 0.3) is 6.08 Å². The van der Waals surface area contributed by atoms with Crippen LogP contribution in [0.1, 0.15) is 44.9 Å². The van der Waals surface area contributed by atoms with Crippen LogP contribution in [0.15, 0.2) is 57.5 Å². The maximum atomic E-state index is 14.0. The smallest absolute Gasteiger partial charge is 0.338 e. The largest absolute Gasteiger partial charge is 0.493 e. The molecule has 1 aliphatic rings. The maximum Gasteiger partial charge on any atom is 0.338 e. The Balaban J connectivity index is 1.94. The lowest BCUT2D eigenvalue weighted by atomic mass is 9.94. The third-order valence-electron chi connectivity index (χ3n) is 6.19. The van der Waals surface area contributed by atoms with Crippen molar-refractivity contribution in [1.82, 2.24) is 4.57 Å². The van der Waals surface area contributed by atoms with Crippen LogP contribution in [-0.2, 0) is 9.53 Å². The van der Waals surface area contributed by atoms with Crippen molar-refractivity contribution in [3.8, 4) is 29.1 Å². The summed E-state index contributed by atoms with van der Waals surface area (Å²) in [6, 6.07) is 11.7. The summed E-state index contributed by atoms with van der Waals surface area (Å²) in [5, 5.41) is 8.88. The van der Waals surface area contributed by atoms with Gasteiger partial charge in [0.1, 0.15) is 12.1 Å². The van der Waals surface area contributed by atoms with E-state index >= 15 is 0 Å². The van der Waals surface area contributed by atoms with Crippen LogP contribution in [0, 0.1) is 11.3 Å². The van der Waals surface area contributed by atoms with Gasteiger partial charge in [-0.25, -0.2) is 9.79 Å². The Labute approximate surface area is 241 Å². The van der Waals surface area contributed by atoms with E-state index < -0.39 is 12.0 Å². The molecule has 0 radical (unpaired) electrons. The van der Waals surface area contributed by atoms with Gasteiger partial charge in [-0.3, -0.25) is 9.36 Å². The zero-order valence-electron chi connectivity index (χ0n) is 23.6. The number of benzene rings is 2. The first-order valence-electron chi connectivity index (χ1n) is 13.1. The van der Waals surface area contributed by atoms with Crippen molar-refractivity contribution >= 4 is 23.4 Å². The monoisotopic (exact) mass is 577 g/mol. The molecule has 11 heteroatoms. The Morgan fingerprint density at radius 1 is 1.07 bits per heavy atom. The number of hydrogen-bond donors (Lipinski definition) is 0. The standard InChI is InChI=1S/C30H31N3O7S/c1-6-37-23-16-19(12-13-21(23)40-15-14-31)17-24-28(34)33-26(20-10-9-11-22(36-5)27(20)38-7-2)25(29(35)39-8-3)18(4)32-30(33)41-24/h9-13,16-17,26H,6-8,15H2,1-5H3/b24-17+/t26-/m1/s1. The molecular weight excluding hydrogens is 546 g/mol. The maximum absolute atomic E-state index is 14.0. The van der Waals surface area contributed by atoms with Gasteiger partial charge < -0.3 is 23.7 Å². The van der Waals surface area contributed by atoms with Gasteiger partial charge >= 0.3 is 5.97 Å². The molecule has 0 aliphatic carbocycles. The molecule has 4 rings (SSSR count). The predicted octanol–water partition coefficient (Wildman–Crippen LogP) is 3.51. The number of thiazole rings is 1. The summed E-state index contributed by atoms with van der Waals surface area (Å²) >= 11 is 1.21. The first-order chi connectivity index (χ1) is 19.9. The van der Waals surface area contributed by atoms with Gasteiger partial charge in [-0.05, 0) is 57.5 Å². The second-order valence-corrected chi connectivity index (χ2v) is 9.71. The van der Waals surface area contributed by atoms with Gasteiger partial charge in [0.2, 0.25) is 0 Å². The Kier molecular flexibility index (Phi) is 9.47. The van der Waals surface area contributed by atoms with E-state index in [1.54, 1.807) is 50.3 Å². The zero-order chi connectivity index (χ0) is 29.5. The fourth-order valence-electron chi connectivity index (χ4n) is 4.56. The van der Waals surface area contributed by atoms with Crippen molar-refractivity contribution in [2.24, 2.45) is 4.99 Å². The Morgan fingerprint density at radius 2 is 1.85 bits per heavy atom. The van der Waals surface area contributed by atoms with Crippen LogP contribution in [0.5, 0.6) is 23.0 Å². The molecule has 2 aromatic carbocycles. The molecule has 1 atom stereocenters. The minimum Gasteiger partial charge on any atom is -0.493 e. The van der Waals surface area contributed by atoms with Crippen molar-refractivity contribution in [2.45, 2.75) is 33.7 Å². The second-order valence-electron chi connectivity index (χ2n) is 8.70. The van der Waals surface area contributed by atoms with Gasteiger partial charge in [0.25, 0.3) is 5.56 Å². The molecule has 0 fully saturated rings. The Morgan fingerprint density at radius 3 is 2.54 bits per heavy atom. The summed E-state index contributed by atoms with van der Waals surface area (Å²) in [5.41, 5.74) is 1.63. The highest BCUT2D eigenvalue weighted by atomic mass is 32.1. The number of hydrogen-bond acceptors (Lipinski definition) is 10. The van der Waals surface area contributed by atoms with Crippen LogP contribution in [-0.4, -0.2) is 44.1 Å². The highest BCUT2D eigenvalue weighted by Crippen LogP contribution is 2.40. The van der Waals surface area contributed by atoms with Crippen molar-refractivity contribution in [3.05, 3.63) is 78.5 Å². The molecule has 10 nitrogen and oxygen atoms in total. The average Bonchev–Trinajstić information content (AvgIpc) is 3.26. The molecule has 0 unspecified atom stereocenters. The molecule has 214 valence electrons. The average molecular weight is 578 g/mol. The Bertz CT molecular complexity index is 1700. The lowest BCUT2D eigenvalue weighted by molar-refractivity contribution is -0.139. The topological polar surface area (TPSA) is 121 Å². The fraction of sp³-hybridized carbons (Fsp3) is 0.333. The summed E-state index contributed by atoms with van der Waals surface area (Å²) in [6.07, 6.45) is 1.73. The van der Waals surface area contributed by atoms with Crippen LogP contribution < -0.4 is 33.8 Å². The number of para-hydroxylation sites is 1. The van der Waals surface area contributed by atoms with Crippen molar-refractivity contribution < 1.29 is 28.5 Å². The van der Waals surface area contributed by atoms with E-state index in [0.717, 1.165) is 0 Å². The number of nitrogens with zero attached hydrogens (tertiary/aromatic N) is 3. The fourth-order valence-corrected chi connectivity index (χ4v) is 5.60. The van der Waals surface area contributed by atoms with Gasteiger partial charge in [-0.2, -0.15) is 5.26 Å². The minimum absolute atomic E-state index is 0.117. The molecule has 0 spiro atoms. The summed E-state index contributed by atoms with van der Waals surface area (Å²) < 4.78 is 30.0. The van der Waals surface area contributed by atoms with Crippen LogP contribution in [0.2, 0.25) is 0 Å². The highest BCUT2D eigenvalue weighted by molar-refractivity contribution is 7.07. The molecule has 0 saturated heterocycles. The van der Waals surface area contributed by atoms with Crippen LogP contribution in [0.4, 0.5) is 0 Å². The number of rotatable bonds is 11. The van der Waals surface area contributed by atoms with Crippen molar-refractivity contribution in [2.75, 3.05) is 33.5 Å². The van der Waals surface area contributed by atoms with E-state index in [9.17, 15) is 9.59 Å². The number of fused-ring (bicyclic) bond motifs is 1. The second kappa shape index (κ2) is 13.2. The third-order valence-corrected chi connectivity index (χ3v) is 7.17. The van der Waals surface area contributed by atoms with Gasteiger partial charge in [0.15, 0.2) is 34.4 Å². The number of allylic oxidation sites excluding steroid dienone is 1. The molecule has 0 amide bonds. The summed E-state index contributed by atoms with van der Waals surface area (Å²) in [6.45, 7) is 7.94. The zero-order valence-corrected chi connectivity index (χ0v) is 24.4. The number of aromatic nitrogens is 1. The normalized spacial score (nSPS) is 14.5.